The number of aromatic hydroxyl groups is 1. The van der Waals surface area contributed by atoms with Crippen molar-refractivity contribution in [1.82, 2.24) is 0 Å². The number of hydrogen-bond donors (Lipinski definition) is 1. The van der Waals surface area contributed by atoms with E-state index in [1.165, 1.54) is 13.2 Å². The zero-order valence-corrected chi connectivity index (χ0v) is 20.0. The number of rotatable bonds is 5. The number of hydrogen-bond acceptors (Lipinski definition) is 11. The number of ether oxygens (including phenoxy) is 5. The zero-order chi connectivity index (χ0) is 25.6. The van der Waals surface area contributed by atoms with Gasteiger partial charge in [-0.05, 0) is 45.0 Å². The van der Waals surface area contributed by atoms with Gasteiger partial charge in [0, 0.05) is 12.7 Å². The number of methoxy groups -OCH3 is 1. The largest absolute Gasteiger partial charge is 0.509 e. The fourth-order valence-corrected chi connectivity index (χ4v) is 4.47. The lowest BCUT2D eigenvalue weighted by Crippen LogP contribution is -2.62. The predicted octanol–water partition coefficient (Wildman–Crippen LogP) is 4.66. The van der Waals surface area contributed by atoms with Crippen LogP contribution in [-0.2, 0) is 18.9 Å². The first-order valence-electron chi connectivity index (χ1n) is 11.2. The van der Waals surface area contributed by atoms with Crippen molar-refractivity contribution < 1.29 is 38.0 Å². The lowest BCUT2D eigenvalue weighted by molar-refractivity contribution is -0.282. The van der Waals surface area contributed by atoms with E-state index in [4.69, 9.17) is 28.1 Å². The summed E-state index contributed by atoms with van der Waals surface area (Å²) in [6, 6.07) is 11.9. The summed E-state index contributed by atoms with van der Waals surface area (Å²) < 4.78 is 33.7. The number of aryl methyl sites for hydroxylation is 1. The van der Waals surface area contributed by atoms with Gasteiger partial charge < -0.3 is 33.2 Å². The van der Waals surface area contributed by atoms with E-state index in [1.807, 2.05) is 6.07 Å². The highest BCUT2D eigenvalue weighted by molar-refractivity contribution is 5.90. The first kappa shape index (κ1) is 23.8. The fourth-order valence-electron chi connectivity index (χ4n) is 4.47. The van der Waals surface area contributed by atoms with Crippen molar-refractivity contribution in [2.45, 2.75) is 51.0 Å². The Balaban J connectivity index is 1.48. The smallest absolute Gasteiger partial charge is 0.505 e. The molecule has 3 aromatic rings. The number of benzene rings is 2. The maximum atomic E-state index is 12.6. The van der Waals surface area contributed by atoms with Crippen LogP contribution in [-0.4, -0.2) is 48.6 Å². The van der Waals surface area contributed by atoms with Gasteiger partial charge >= 0.3 is 11.8 Å². The standard InChI is InChI=1S/C25H24N2O9/c1-12-15(32-23-20-19(34-24(30)35-20)21(31-4)25(2,3)36-23)11-10-14-17(28)16(22(29)33-18(12)14)27-26-13-8-6-5-7-9-13/h5-11,19-21,23,28H,1-4H3/t19-,20?,21+,23+/m0/s1. The third-order valence-electron chi connectivity index (χ3n) is 6.20. The van der Waals surface area contributed by atoms with Crippen molar-refractivity contribution >= 4 is 28.5 Å². The molecular weight excluding hydrogens is 472 g/mol. The van der Waals surface area contributed by atoms with Crippen LogP contribution in [0.3, 0.4) is 0 Å². The molecule has 2 aliphatic heterocycles. The summed E-state index contributed by atoms with van der Waals surface area (Å²) in [5.41, 5.74) is -1.02. The Hall–Kier alpha value is -3.96. The van der Waals surface area contributed by atoms with E-state index >= 15 is 0 Å². The molecule has 0 aliphatic carbocycles. The molecule has 2 fully saturated rings. The molecule has 0 radical (unpaired) electrons. The van der Waals surface area contributed by atoms with E-state index < -0.39 is 42.0 Å². The Labute approximate surface area is 205 Å². The van der Waals surface area contributed by atoms with Crippen LogP contribution in [0, 0.1) is 6.92 Å². The Morgan fingerprint density at radius 3 is 2.44 bits per heavy atom. The summed E-state index contributed by atoms with van der Waals surface area (Å²) in [7, 11) is 1.50. The lowest BCUT2D eigenvalue weighted by Gasteiger charge is -2.45. The van der Waals surface area contributed by atoms with Gasteiger partial charge in [-0.15, -0.1) is 5.11 Å². The molecule has 4 atom stereocenters. The van der Waals surface area contributed by atoms with Crippen LogP contribution in [0.5, 0.6) is 11.5 Å². The number of fused-ring (bicyclic) bond motifs is 2. The molecule has 11 nitrogen and oxygen atoms in total. The molecule has 5 rings (SSSR count). The van der Waals surface area contributed by atoms with Gasteiger partial charge in [-0.1, -0.05) is 18.2 Å². The Morgan fingerprint density at radius 2 is 1.72 bits per heavy atom. The highest BCUT2D eigenvalue weighted by atomic mass is 16.8. The minimum atomic E-state index is -1.03. The van der Waals surface area contributed by atoms with E-state index in [0.29, 0.717) is 17.0 Å². The van der Waals surface area contributed by atoms with E-state index in [0.717, 1.165) is 0 Å². The summed E-state index contributed by atoms with van der Waals surface area (Å²) >= 11 is 0. The predicted molar refractivity (Wildman–Crippen MR) is 125 cm³/mol. The van der Waals surface area contributed by atoms with E-state index in [-0.39, 0.29) is 22.4 Å². The number of carbonyl (C=O) groups excluding carboxylic acids is 1. The molecule has 2 aromatic carbocycles. The van der Waals surface area contributed by atoms with Gasteiger partial charge in [0.2, 0.25) is 18.1 Å². The van der Waals surface area contributed by atoms with E-state index in [2.05, 4.69) is 10.2 Å². The van der Waals surface area contributed by atoms with Gasteiger partial charge in [0.25, 0.3) is 0 Å². The summed E-state index contributed by atoms with van der Waals surface area (Å²) in [4.78, 5) is 24.5. The molecule has 1 unspecified atom stereocenters. The summed E-state index contributed by atoms with van der Waals surface area (Å²) in [5, 5.41) is 18.9. The quantitative estimate of drug-likeness (QED) is 0.304. The van der Waals surface area contributed by atoms with E-state index in [9.17, 15) is 14.7 Å². The molecule has 3 heterocycles. The highest BCUT2D eigenvalue weighted by Crippen LogP contribution is 2.41. The molecule has 0 saturated carbocycles. The van der Waals surface area contributed by atoms with Crippen LogP contribution in [0.25, 0.3) is 11.0 Å². The molecule has 36 heavy (non-hydrogen) atoms. The second kappa shape index (κ2) is 8.92. The van der Waals surface area contributed by atoms with Crippen LogP contribution < -0.4 is 10.4 Å². The SMILES string of the molecule is CO[C@@H]1[C@H]2OC(=O)OC2[C@H](Oc2ccc3c(O)c(N=Nc4ccccc4)c(=O)oc3c2C)OC1(C)C. The van der Waals surface area contributed by atoms with Crippen LogP contribution in [0.4, 0.5) is 16.2 Å². The molecule has 2 saturated heterocycles. The normalized spacial score (nSPS) is 24.9. The van der Waals surface area contributed by atoms with Gasteiger partial charge in [-0.3, -0.25) is 0 Å². The molecule has 1 N–H and O–H groups in total. The molecule has 2 aliphatic rings. The van der Waals surface area contributed by atoms with Crippen LogP contribution in [0.15, 0.2) is 61.9 Å². The van der Waals surface area contributed by atoms with Crippen molar-refractivity contribution in [2.75, 3.05) is 7.11 Å². The number of nitrogens with zero attached hydrogens (tertiary/aromatic N) is 2. The van der Waals surface area contributed by atoms with Gasteiger partial charge in [-0.25, -0.2) is 9.59 Å². The minimum Gasteiger partial charge on any atom is -0.505 e. The van der Waals surface area contributed by atoms with Gasteiger partial charge in [0.1, 0.15) is 17.4 Å². The van der Waals surface area contributed by atoms with Gasteiger partial charge in [-0.2, -0.15) is 5.11 Å². The maximum absolute atomic E-state index is 12.6. The summed E-state index contributed by atoms with van der Waals surface area (Å²) in [6.07, 6.45) is -4.07. The van der Waals surface area contributed by atoms with Crippen LogP contribution in [0.1, 0.15) is 19.4 Å². The van der Waals surface area contributed by atoms with E-state index in [1.54, 1.807) is 51.1 Å². The Morgan fingerprint density at radius 1 is 1.00 bits per heavy atom. The minimum absolute atomic E-state index is 0.106. The lowest BCUT2D eigenvalue weighted by atomic mass is 9.89. The van der Waals surface area contributed by atoms with Crippen molar-refractivity contribution in [3.63, 3.8) is 0 Å². The first-order chi connectivity index (χ1) is 17.2. The van der Waals surface area contributed by atoms with Gasteiger partial charge in [0.05, 0.1) is 16.7 Å². The second-order valence-electron chi connectivity index (χ2n) is 8.97. The Bertz CT molecular complexity index is 1400. The molecule has 0 spiro atoms. The van der Waals surface area contributed by atoms with Crippen molar-refractivity contribution in [3.8, 4) is 11.5 Å². The summed E-state index contributed by atoms with van der Waals surface area (Å²) in [5.74, 6) is -0.0752. The Kier molecular flexibility index (Phi) is 5.89. The summed E-state index contributed by atoms with van der Waals surface area (Å²) in [6.45, 7) is 5.23. The van der Waals surface area contributed by atoms with Crippen molar-refractivity contribution in [2.24, 2.45) is 10.2 Å². The van der Waals surface area contributed by atoms with Gasteiger partial charge in [0.15, 0.2) is 11.9 Å². The number of azo groups is 1. The monoisotopic (exact) mass is 496 g/mol. The molecular formula is C25H24N2O9. The van der Waals surface area contributed by atoms with Crippen molar-refractivity contribution in [3.05, 3.63) is 58.4 Å². The highest BCUT2D eigenvalue weighted by Gasteiger charge is 2.59. The third-order valence-corrected chi connectivity index (χ3v) is 6.20. The fraction of sp³-hybridized carbons (Fsp3) is 0.360. The average Bonchev–Trinajstić information content (AvgIpc) is 3.22. The average molecular weight is 496 g/mol. The zero-order valence-electron chi connectivity index (χ0n) is 20.0. The third kappa shape index (κ3) is 4.06. The topological polar surface area (TPSA) is 138 Å². The first-order valence-corrected chi connectivity index (χ1v) is 11.2. The van der Waals surface area contributed by atoms with Crippen LogP contribution >= 0.6 is 0 Å². The number of carbonyl (C=O) groups is 1. The molecule has 188 valence electrons. The molecule has 11 heteroatoms. The second-order valence-corrected chi connectivity index (χ2v) is 8.97. The van der Waals surface area contributed by atoms with Crippen molar-refractivity contribution in [1.29, 1.82) is 0 Å². The maximum Gasteiger partial charge on any atom is 0.509 e. The molecule has 0 bridgehead atoms. The van der Waals surface area contributed by atoms with Crippen LogP contribution in [0.2, 0.25) is 0 Å². The molecule has 1 aromatic heterocycles. The molecule has 0 amide bonds.